The second-order valence-electron chi connectivity index (χ2n) is 9.84. The molecule has 2 aromatic rings. The van der Waals surface area contributed by atoms with E-state index in [1.807, 2.05) is 36.4 Å². The number of nitrogens with zero attached hydrogens (tertiary/aromatic N) is 3. The van der Waals surface area contributed by atoms with Crippen molar-refractivity contribution in [2.24, 2.45) is 16.8 Å². The average Bonchev–Trinajstić information content (AvgIpc) is 2.82. The molecule has 0 N–H and O–H groups in total. The van der Waals surface area contributed by atoms with Gasteiger partial charge in [-0.3, -0.25) is 4.99 Å². The van der Waals surface area contributed by atoms with Crippen LogP contribution in [0.3, 0.4) is 0 Å². The molecule has 0 unspecified atom stereocenters. The number of hydrogen-bond donors (Lipinski definition) is 0. The van der Waals surface area contributed by atoms with Crippen LogP contribution in [0.4, 0.5) is 11.4 Å². The van der Waals surface area contributed by atoms with Crippen molar-refractivity contribution in [2.75, 3.05) is 38.2 Å². The molecule has 34 heavy (non-hydrogen) atoms. The number of hydrogen-bond acceptors (Lipinski definition) is 5. The number of ether oxygens (including phenoxy) is 1. The van der Waals surface area contributed by atoms with Gasteiger partial charge < -0.3 is 9.64 Å². The normalized spacial score (nSPS) is 15.1. The van der Waals surface area contributed by atoms with Gasteiger partial charge in [0, 0.05) is 32.4 Å². The Morgan fingerprint density at radius 1 is 0.971 bits per heavy atom. The summed E-state index contributed by atoms with van der Waals surface area (Å²) in [5.74, 6) is 1.26. The molecule has 1 aliphatic heterocycles. The van der Waals surface area contributed by atoms with Crippen molar-refractivity contribution in [1.82, 2.24) is 4.31 Å². The molecule has 2 aromatic carbocycles. The zero-order chi connectivity index (χ0) is 24.7. The average molecular weight is 486 g/mol. The molecule has 0 aliphatic carbocycles. The van der Waals surface area contributed by atoms with E-state index in [0.717, 1.165) is 42.9 Å². The molecule has 0 atom stereocenters. The van der Waals surface area contributed by atoms with Crippen LogP contribution in [0.15, 0.2) is 52.4 Å². The van der Waals surface area contributed by atoms with E-state index >= 15 is 0 Å². The van der Waals surface area contributed by atoms with E-state index < -0.39 is 10.0 Å². The fourth-order valence-corrected chi connectivity index (χ4v) is 6.25. The van der Waals surface area contributed by atoms with Gasteiger partial charge in [0.25, 0.3) is 0 Å². The monoisotopic (exact) mass is 485 g/mol. The van der Waals surface area contributed by atoms with Crippen molar-refractivity contribution in [3.63, 3.8) is 0 Å². The zero-order valence-electron chi connectivity index (χ0n) is 21.2. The fourth-order valence-electron chi connectivity index (χ4n) is 4.25. The third kappa shape index (κ3) is 6.83. The van der Waals surface area contributed by atoms with Crippen molar-refractivity contribution >= 4 is 27.6 Å². The number of sulfonamides is 1. The summed E-state index contributed by atoms with van der Waals surface area (Å²) in [4.78, 5) is 7.19. The number of anilines is 1. The maximum atomic E-state index is 14.0. The van der Waals surface area contributed by atoms with E-state index in [-0.39, 0.29) is 11.8 Å². The molecule has 0 radical (unpaired) electrons. The summed E-state index contributed by atoms with van der Waals surface area (Å²) in [6.07, 6.45) is 5.11. The molecular formula is C27H39N3O3S. The summed E-state index contributed by atoms with van der Waals surface area (Å²) in [6, 6.07) is 13.2. The van der Waals surface area contributed by atoms with Crippen molar-refractivity contribution in [1.29, 1.82) is 0 Å². The van der Waals surface area contributed by atoms with E-state index in [0.29, 0.717) is 23.7 Å². The molecule has 0 amide bonds. The van der Waals surface area contributed by atoms with Crippen LogP contribution in [-0.4, -0.2) is 52.2 Å². The number of piperidine rings is 1. The molecule has 6 nitrogen and oxygen atoms in total. The van der Waals surface area contributed by atoms with Crippen LogP contribution >= 0.6 is 0 Å². The van der Waals surface area contributed by atoms with Gasteiger partial charge in [-0.05, 0) is 79.1 Å². The maximum absolute atomic E-state index is 14.0. The van der Waals surface area contributed by atoms with Crippen molar-refractivity contribution < 1.29 is 13.2 Å². The summed E-state index contributed by atoms with van der Waals surface area (Å²) in [6.45, 7) is 11.0. The molecule has 0 aromatic heterocycles. The Morgan fingerprint density at radius 2 is 1.59 bits per heavy atom. The minimum absolute atomic E-state index is 0.239. The largest absolute Gasteiger partial charge is 0.497 e. The van der Waals surface area contributed by atoms with Gasteiger partial charge >= 0.3 is 0 Å². The van der Waals surface area contributed by atoms with Gasteiger partial charge in [-0.25, -0.2) is 8.42 Å². The Morgan fingerprint density at radius 3 is 2.15 bits per heavy atom. The van der Waals surface area contributed by atoms with E-state index in [1.54, 1.807) is 23.7 Å². The van der Waals surface area contributed by atoms with Crippen LogP contribution in [0.2, 0.25) is 0 Å². The van der Waals surface area contributed by atoms with Crippen molar-refractivity contribution in [3.05, 3.63) is 48.0 Å². The Balaban J connectivity index is 2.02. The highest BCUT2D eigenvalue weighted by molar-refractivity contribution is 7.89. The van der Waals surface area contributed by atoms with Gasteiger partial charge in [0.1, 0.15) is 10.6 Å². The lowest BCUT2D eigenvalue weighted by molar-refractivity contribution is 0.333. The third-order valence-corrected chi connectivity index (χ3v) is 7.73. The van der Waals surface area contributed by atoms with Crippen LogP contribution < -0.4 is 9.64 Å². The minimum atomic E-state index is -3.68. The van der Waals surface area contributed by atoms with Crippen LogP contribution in [0, 0.1) is 11.8 Å². The van der Waals surface area contributed by atoms with Crippen molar-refractivity contribution in [3.8, 4) is 5.75 Å². The highest BCUT2D eigenvalue weighted by Crippen LogP contribution is 2.34. The van der Waals surface area contributed by atoms with Gasteiger partial charge in [-0.2, -0.15) is 4.31 Å². The Labute approximate surface area is 205 Å². The number of benzene rings is 2. The molecule has 1 heterocycles. The second kappa shape index (κ2) is 11.8. The summed E-state index contributed by atoms with van der Waals surface area (Å²) in [7, 11) is -2.05. The van der Waals surface area contributed by atoms with Gasteiger partial charge in [0.15, 0.2) is 0 Å². The first kappa shape index (κ1) is 26.2. The highest BCUT2D eigenvalue weighted by Gasteiger charge is 2.30. The van der Waals surface area contributed by atoms with E-state index in [9.17, 15) is 8.42 Å². The topological polar surface area (TPSA) is 62.2 Å². The highest BCUT2D eigenvalue weighted by atomic mass is 32.2. The van der Waals surface area contributed by atoms with E-state index in [4.69, 9.17) is 4.74 Å². The Kier molecular flexibility index (Phi) is 9.14. The summed E-state index contributed by atoms with van der Waals surface area (Å²) >= 11 is 0. The molecule has 1 fully saturated rings. The summed E-state index contributed by atoms with van der Waals surface area (Å²) < 4.78 is 34.9. The molecule has 3 rings (SSSR count). The predicted molar refractivity (Wildman–Crippen MR) is 141 cm³/mol. The molecule has 1 aliphatic rings. The third-order valence-electron chi connectivity index (χ3n) is 5.87. The number of methoxy groups -OCH3 is 1. The fraction of sp³-hybridized carbons (Fsp3) is 0.519. The lowest BCUT2D eigenvalue weighted by Gasteiger charge is -2.32. The summed E-state index contributed by atoms with van der Waals surface area (Å²) in [5.41, 5.74) is 2.34. The Hall–Kier alpha value is -2.38. The standard InChI is InChI=1S/C27H39N3O3S/c1-21(2)19-30(20-22(3)4)34(31,32)27-17-24(11-14-26(27)29-15-7-6-8-16-29)28-18-23-9-12-25(33-5)13-10-23/h9-14,17-18,21-22H,6-8,15-16,19-20H2,1-5H3. The van der Waals surface area contributed by atoms with Gasteiger partial charge in [-0.15, -0.1) is 0 Å². The first-order valence-electron chi connectivity index (χ1n) is 12.3. The molecular weight excluding hydrogens is 446 g/mol. The van der Waals surface area contributed by atoms with Crippen LogP contribution in [0.5, 0.6) is 5.75 Å². The number of aliphatic imine (C=N–C) groups is 1. The lowest BCUT2D eigenvalue weighted by Crippen LogP contribution is -2.38. The van der Waals surface area contributed by atoms with Gasteiger partial charge in [-0.1, -0.05) is 27.7 Å². The lowest BCUT2D eigenvalue weighted by atomic mass is 10.1. The smallest absolute Gasteiger partial charge is 0.245 e. The zero-order valence-corrected chi connectivity index (χ0v) is 22.0. The molecule has 0 saturated carbocycles. The SMILES string of the molecule is COc1ccc(C=Nc2ccc(N3CCCCC3)c(S(=O)(=O)N(CC(C)C)CC(C)C)c2)cc1. The maximum Gasteiger partial charge on any atom is 0.245 e. The molecule has 0 spiro atoms. The molecule has 0 bridgehead atoms. The van der Waals surface area contributed by atoms with Gasteiger partial charge in [0.05, 0.1) is 18.5 Å². The van der Waals surface area contributed by atoms with Gasteiger partial charge in [0.2, 0.25) is 10.0 Å². The van der Waals surface area contributed by atoms with E-state index in [1.165, 1.54) is 6.42 Å². The predicted octanol–water partition coefficient (Wildman–Crippen LogP) is 5.74. The quantitative estimate of drug-likeness (QED) is 0.403. The minimum Gasteiger partial charge on any atom is -0.497 e. The molecule has 7 heteroatoms. The molecule has 1 saturated heterocycles. The van der Waals surface area contributed by atoms with E-state index in [2.05, 4.69) is 37.6 Å². The number of rotatable bonds is 10. The molecule has 186 valence electrons. The van der Waals surface area contributed by atoms with Crippen LogP contribution in [0.25, 0.3) is 0 Å². The van der Waals surface area contributed by atoms with Crippen LogP contribution in [0.1, 0.15) is 52.5 Å². The Bertz CT molecular complexity index is 1050. The van der Waals surface area contributed by atoms with Crippen LogP contribution in [-0.2, 0) is 10.0 Å². The van der Waals surface area contributed by atoms with Crippen molar-refractivity contribution in [2.45, 2.75) is 51.9 Å². The second-order valence-corrected chi connectivity index (χ2v) is 11.7. The first-order valence-corrected chi connectivity index (χ1v) is 13.7. The summed E-state index contributed by atoms with van der Waals surface area (Å²) in [5, 5.41) is 0. The first-order chi connectivity index (χ1) is 16.2.